The van der Waals surface area contributed by atoms with Gasteiger partial charge in [-0.3, -0.25) is 13.8 Å². The quantitative estimate of drug-likeness (QED) is 0.0244. The summed E-state index contributed by atoms with van der Waals surface area (Å²) in [6.07, 6.45) is 60.6. The number of nitrogens with one attached hydrogen (secondary N) is 1. The Hall–Kier alpha value is -2.58. The molecule has 9 heteroatoms. The molecule has 0 aliphatic carbocycles. The number of hydrogen-bond donors (Lipinski definition) is 3. The molecule has 0 aromatic heterocycles. The number of rotatable bonds is 42. The van der Waals surface area contributed by atoms with Crippen LogP contribution in [0.15, 0.2) is 97.2 Å². The molecule has 8 nitrogen and oxygen atoms in total. The Labute approximate surface area is 375 Å². The average molecular weight is 872 g/mol. The first-order chi connectivity index (χ1) is 29.5. The molecule has 350 valence electrons. The van der Waals surface area contributed by atoms with Crippen LogP contribution in [0.25, 0.3) is 0 Å². The van der Waals surface area contributed by atoms with Gasteiger partial charge >= 0.3 is 7.82 Å². The SMILES string of the molecule is CC/C=C\C/C=C\C/C=C\C/C=C\C/C=C\C/C=C\C/C=C\CCCC(=O)NC(COP(=O)(O)OCC[N+](C)(C)C)C(O)/C=C/CCCCCCCCCCCCCCCC. The molecule has 3 N–H and O–H groups in total. The zero-order chi connectivity index (χ0) is 45.0. The Bertz CT molecular complexity index is 1310. The van der Waals surface area contributed by atoms with Crippen molar-refractivity contribution in [2.75, 3.05) is 40.9 Å². The third-order valence-electron chi connectivity index (χ3n) is 10.1. The average Bonchev–Trinajstić information content (AvgIpc) is 3.21. The van der Waals surface area contributed by atoms with Gasteiger partial charge < -0.3 is 19.8 Å². The van der Waals surface area contributed by atoms with Gasteiger partial charge in [0.25, 0.3) is 0 Å². The maximum Gasteiger partial charge on any atom is 0.472 e. The standard InChI is InChI=1S/C52H91N2O6P/c1-6-8-10-12-14-16-18-20-22-24-25-26-27-28-29-30-32-34-36-38-40-42-44-46-52(56)53-50(49-60-61(57,58)59-48-47-54(3,4)5)51(55)45-43-41-39-37-35-33-31-23-21-19-17-15-13-11-9-7-2/h8,10,14,16,20,22,25-26,28-29,32,34,38,40,43,45,50-51,55H,6-7,9,11-13,15,17-19,21,23-24,27,30-31,33,35-37,39,41-42,44,46-49H2,1-5H3,(H-,53,56,57,58)/p+1/b10-8-,16-14-,22-20-,26-25-,29-28-,34-32-,40-38-,45-43+. The van der Waals surface area contributed by atoms with E-state index in [0.717, 1.165) is 70.6 Å². The Morgan fingerprint density at radius 3 is 1.43 bits per heavy atom. The van der Waals surface area contributed by atoms with Crippen molar-refractivity contribution in [2.45, 2.75) is 187 Å². The van der Waals surface area contributed by atoms with Crippen LogP contribution >= 0.6 is 7.82 Å². The topological polar surface area (TPSA) is 105 Å². The number of hydrogen-bond acceptors (Lipinski definition) is 5. The first-order valence-corrected chi connectivity index (χ1v) is 25.6. The molecule has 0 aromatic rings. The molecule has 0 saturated heterocycles. The minimum atomic E-state index is -4.36. The maximum absolute atomic E-state index is 12.9. The third-order valence-corrected chi connectivity index (χ3v) is 11.0. The number of phosphoric acid groups is 1. The fourth-order valence-corrected chi connectivity index (χ4v) is 7.00. The predicted octanol–water partition coefficient (Wildman–Crippen LogP) is 13.9. The zero-order valence-corrected chi connectivity index (χ0v) is 40.5. The van der Waals surface area contributed by atoms with Gasteiger partial charge in [-0.1, -0.05) is 195 Å². The molecule has 0 aromatic carbocycles. The highest BCUT2D eigenvalue weighted by Crippen LogP contribution is 2.43. The van der Waals surface area contributed by atoms with Crippen molar-refractivity contribution in [3.8, 4) is 0 Å². The molecule has 0 bridgehead atoms. The molecule has 0 aliphatic rings. The lowest BCUT2D eigenvalue weighted by Gasteiger charge is -2.25. The summed E-state index contributed by atoms with van der Waals surface area (Å²) in [5.41, 5.74) is 0. The lowest BCUT2D eigenvalue weighted by atomic mass is 10.0. The smallest absolute Gasteiger partial charge is 0.387 e. The second-order valence-electron chi connectivity index (χ2n) is 17.1. The van der Waals surface area contributed by atoms with Crippen LogP contribution in [-0.2, 0) is 18.4 Å². The van der Waals surface area contributed by atoms with Crippen LogP contribution in [0, 0.1) is 0 Å². The van der Waals surface area contributed by atoms with Crippen molar-refractivity contribution in [3.63, 3.8) is 0 Å². The number of unbranched alkanes of at least 4 members (excludes halogenated alkanes) is 15. The summed E-state index contributed by atoms with van der Waals surface area (Å²) in [5.74, 6) is -0.239. The normalized spacial score (nSPS) is 15.1. The molecular weight excluding hydrogens is 780 g/mol. The molecule has 3 atom stereocenters. The van der Waals surface area contributed by atoms with Crippen LogP contribution in [0.2, 0.25) is 0 Å². The number of carbonyl (C=O) groups is 1. The number of nitrogens with zero attached hydrogens (tertiary/aromatic N) is 1. The second-order valence-corrected chi connectivity index (χ2v) is 18.6. The first-order valence-electron chi connectivity index (χ1n) is 24.1. The van der Waals surface area contributed by atoms with Crippen LogP contribution in [0.5, 0.6) is 0 Å². The highest BCUT2D eigenvalue weighted by Gasteiger charge is 2.27. The number of allylic oxidation sites excluding steroid dienone is 15. The van der Waals surface area contributed by atoms with E-state index >= 15 is 0 Å². The number of amides is 1. The van der Waals surface area contributed by atoms with Gasteiger partial charge in [0, 0.05) is 6.42 Å². The van der Waals surface area contributed by atoms with Gasteiger partial charge in [0.05, 0.1) is 39.9 Å². The Morgan fingerprint density at radius 2 is 0.984 bits per heavy atom. The first kappa shape index (κ1) is 58.4. The molecule has 0 fully saturated rings. The van der Waals surface area contributed by atoms with E-state index < -0.39 is 20.0 Å². The van der Waals surface area contributed by atoms with Crippen LogP contribution in [-0.4, -0.2) is 73.4 Å². The van der Waals surface area contributed by atoms with Gasteiger partial charge in [0.2, 0.25) is 5.91 Å². The summed E-state index contributed by atoms with van der Waals surface area (Å²) in [4.78, 5) is 23.2. The van der Waals surface area contributed by atoms with Crippen molar-refractivity contribution in [3.05, 3.63) is 97.2 Å². The summed E-state index contributed by atoms with van der Waals surface area (Å²) >= 11 is 0. The van der Waals surface area contributed by atoms with E-state index in [-0.39, 0.29) is 25.5 Å². The second kappa shape index (κ2) is 42.7. The number of likely N-dealkylation sites (N-methyl/N-ethyl adjacent to an activating group) is 1. The molecule has 0 heterocycles. The molecule has 0 saturated carbocycles. The summed E-state index contributed by atoms with van der Waals surface area (Å²) in [7, 11) is 1.52. The Balaban J connectivity index is 4.51. The highest BCUT2D eigenvalue weighted by atomic mass is 31.2. The van der Waals surface area contributed by atoms with E-state index in [1.54, 1.807) is 6.08 Å². The third kappa shape index (κ3) is 45.3. The largest absolute Gasteiger partial charge is 0.472 e. The summed E-state index contributed by atoms with van der Waals surface area (Å²) in [5, 5.41) is 13.8. The molecule has 0 rings (SSSR count). The van der Waals surface area contributed by atoms with Gasteiger partial charge in [0.1, 0.15) is 13.2 Å². The number of carbonyl (C=O) groups excluding carboxylic acids is 1. The van der Waals surface area contributed by atoms with Crippen molar-refractivity contribution < 1.29 is 32.9 Å². The van der Waals surface area contributed by atoms with E-state index in [0.29, 0.717) is 17.4 Å². The molecular formula is C52H92N2O6P+. The molecule has 0 radical (unpaired) electrons. The van der Waals surface area contributed by atoms with Crippen molar-refractivity contribution in [2.24, 2.45) is 0 Å². The Morgan fingerprint density at radius 1 is 0.574 bits per heavy atom. The number of aliphatic hydroxyl groups is 1. The van der Waals surface area contributed by atoms with Crippen LogP contribution in [0.1, 0.15) is 174 Å². The van der Waals surface area contributed by atoms with Gasteiger partial charge in [-0.25, -0.2) is 4.57 Å². The van der Waals surface area contributed by atoms with Crippen LogP contribution in [0.3, 0.4) is 0 Å². The van der Waals surface area contributed by atoms with Gasteiger partial charge in [-0.05, 0) is 70.6 Å². The van der Waals surface area contributed by atoms with Gasteiger partial charge in [-0.2, -0.15) is 0 Å². The van der Waals surface area contributed by atoms with E-state index in [2.05, 4.69) is 104 Å². The van der Waals surface area contributed by atoms with E-state index in [1.807, 2.05) is 27.2 Å². The van der Waals surface area contributed by atoms with E-state index in [4.69, 9.17) is 9.05 Å². The Kier molecular flexibility index (Phi) is 40.9. The monoisotopic (exact) mass is 872 g/mol. The lowest BCUT2D eigenvalue weighted by molar-refractivity contribution is -0.870. The molecule has 3 unspecified atom stereocenters. The highest BCUT2D eigenvalue weighted by molar-refractivity contribution is 7.47. The minimum absolute atomic E-state index is 0.0452. The molecule has 0 spiro atoms. The number of aliphatic hydroxyl groups excluding tert-OH is 1. The lowest BCUT2D eigenvalue weighted by Crippen LogP contribution is -2.45. The summed E-state index contributed by atoms with van der Waals surface area (Å²) in [6, 6.07) is -0.883. The van der Waals surface area contributed by atoms with Crippen molar-refractivity contribution in [1.82, 2.24) is 5.32 Å². The van der Waals surface area contributed by atoms with Crippen LogP contribution < -0.4 is 5.32 Å². The molecule has 1 amide bonds. The van der Waals surface area contributed by atoms with Gasteiger partial charge in [0.15, 0.2) is 0 Å². The molecule has 61 heavy (non-hydrogen) atoms. The van der Waals surface area contributed by atoms with E-state index in [9.17, 15) is 19.4 Å². The van der Waals surface area contributed by atoms with E-state index in [1.165, 1.54) is 77.0 Å². The summed E-state index contributed by atoms with van der Waals surface area (Å²) in [6.45, 7) is 4.64. The minimum Gasteiger partial charge on any atom is -0.387 e. The number of quaternary nitrogens is 1. The van der Waals surface area contributed by atoms with Crippen LogP contribution in [0.4, 0.5) is 0 Å². The fraction of sp³-hybridized carbons (Fsp3) is 0.673. The summed E-state index contributed by atoms with van der Waals surface area (Å²) < 4.78 is 23.6. The predicted molar refractivity (Wildman–Crippen MR) is 262 cm³/mol. The fourth-order valence-electron chi connectivity index (χ4n) is 6.26. The van der Waals surface area contributed by atoms with Crippen molar-refractivity contribution >= 4 is 13.7 Å². The number of phosphoric ester groups is 1. The maximum atomic E-state index is 12.9. The van der Waals surface area contributed by atoms with Crippen molar-refractivity contribution in [1.29, 1.82) is 0 Å². The molecule has 0 aliphatic heterocycles. The zero-order valence-electron chi connectivity index (χ0n) is 39.6. The van der Waals surface area contributed by atoms with Gasteiger partial charge in [-0.15, -0.1) is 0 Å².